The van der Waals surface area contributed by atoms with Gasteiger partial charge in [0.25, 0.3) is 0 Å². The van der Waals surface area contributed by atoms with Gasteiger partial charge < -0.3 is 10.1 Å². The zero-order valence-corrected chi connectivity index (χ0v) is 17.4. The average molecular weight is 436 g/mol. The van der Waals surface area contributed by atoms with Gasteiger partial charge in [-0.25, -0.2) is 9.38 Å². The number of ether oxygens (including phenoxy) is 1. The van der Waals surface area contributed by atoms with E-state index in [0.717, 1.165) is 0 Å². The number of halogens is 2. The Morgan fingerprint density at radius 2 is 2.07 bits per heavy atom. The average Bonchev–Trinajstić information content (AvgIpc) is 2.69. The fourth-order valence-corrected chi connectivity index (χ4v) is 4.16. The van der Waals surface area contributed by atoms with Gasteiger partial charge in [-0.15, -0.1) is 0 Å². The van der Waals surface area contributed by atoms with Crippen LogP contribution in [0.15, 0.2) is 47.5 Å². The molecule has 3 rings (SSSR count). The third kappa shape index (κ3) is 5.07. The molecule has 1 aliphatic heterocycles. The molecule has 9 heteroatoms. The third-order valence-corrected chi connectivity index (χ3v) is 5.70. The number of amidine groups is 1. The highest BCUT2D eigenvalue weighted by molar-refractivity contribution is 8.15. The number of hydrogen-bond donors (Lipinski definition) is 1. The van der Waals surface area contributed by atoms with Crippen molar-refractivity contribution in [2.75, 3.05) is 19.0 Å². The molecule has 2 aromatic rings. The maximum absolute atomic E-state index is 13.0. The van der Waals surface area contributed by atoms with Crippen LogP contribution in [-0.2, 0) is 9.59 Å². The Labute approximate surface area is 177 Å². The van der Waals surface area contributed by atoms with Crippen molar-refractivity contribution in [3.8, 4) is 5.75 Å². The second-order valence-corrected chi connectivity index (χ2v) is 7.74. The Morgan fingerprint density at radius 1 is 1.34 bits per heavy atom. The van der Waals surface area contributed by atoms with Crippen LogP contribution in [0.3, 0.4) is 0 Å². The minimum Gasteiger partial charge on any atom is -0.495 e. The Bertz CT molecular complexity index is 952. The summed E-state index contributed by atoms with van der Waals surface area (Å²) in [6.45, 7) is 2.27. The number of thioether (sulfide) groups is 1. The molecule has 152 valence electrons. The van der Waals surface area contributed by atoms with Gasteiger partial charge in [-0.2, -0.15) is 0 Å². The van der Waals surface area contributed by atoms with E-state index < -0.39 is 11.1 Å². The lowest BCUT2D eigenvalue weighted by Gasteiger charge is -2.30. The van der Waals surface area contributed by atoms with Gasteiger partial charge in [0.2, 0.25) is 11.8 Å². The molecule has 0 saturated carbocycles. The van der Waals surface area contributed by atoms with Crippen LogP contribution in [-0.4, -0.2) is 40.8 Å². The van der Waals surface area contributed by atoms with Gasteiger partial charge in [0, 0.05) is 18.7 Å². The van der Waals surface area contributed by atoms with E-state index >= 15 is 0 Å². The molecular weight excluding hydrogens is 417 g/mol. The van der Waals surface area contributed by atoms with Crippen molar-refractivity contribution in [1.82, 2.24) is 4.90 Å². The van der Waals surface area contributed by atoms with Gasteiger partial charge in [-0.3, -0.25) is 14.5 Å². The number of nitrogens with zero attached hydrogens (tertiary/aromatic N) is 2. The van der Waals surface area contributed by atoms with Gasteiger partial charge in [0.15, 0.2) is 5.17 Å². The topological polar surface area (TPSA) is 71.0 Å². The van der Waals surface area contributed by atoms with Crippen molar-refractivity contribution in [1.29, 1.82) is 0 Å². The standard InChI is InChI=1S/C20H19ClFN3O3S/c1-3-25-18(26)11-17(19(27)23-13-6-4-12(22)5-7-13)29-20(25)24-14-8-9-16(28-2)15(21)10-14/h4-10,17H,3,11H2,1-2H3,(H,23,27). The highest BCUT2D eigenvalue weighted by Crippen LogP contribution is 2.32. The number of rotatable bonds is 5. The predicted octanol–water partition coefficient (Wildman–Crippen LogP) is 4.47. The van der Waals surface area contributed by atoms with E-state index in [0.29, 0.717) is 33.9 Å². The number of anilines is 1. The number of carbonyl (C=O) groups excluding carboxylic acids is 2. The lowest BCUT2D eigenvalue weighted by atomic mass is 10.2. The number of benzene rings is 2. The van der Waals surface area contributed by atoms with Crippen molar-refractivity contribution < 1.29 is 18.7 Å². The summed E-state index contributed by atoms with van der Waals surface area (Å²) in [5.74, 6) is -0.404. The molecule has 0 spiro atoms. The Morgan fingerprint density at radius 3 is 2.69 bits per heavy atom. The van der Waals surface area contributed by atoms with Crippen molar-refractivity contribution in [3.05, 3.63) is 53.3 Å². The first kappa shape index (κ1) is 21.1. The first-order valence-corrected chi connectivity index (χ1v) is 10.1. The summed E-state index contributed by atoms with van der Waals surface area (Å²) >= 11 is 7.36. The monoisotopic (exact) mass is 435 g/mol. The van der Waals surface area contributed by atoms with Gasteiger partial charge in [-0.05, 0) is 49.4 Å². The molecule has 0 bridgehead atoms. The molecule has 2 amide bonds. The summed E-state index contributed by atoms with van der Waals surface area (Å²) in [4.78, 5) is 31.3. The van der Waals surface area contributed by atoms with Crippen LogP contribution in [0.2, 0.25) is 5.02 Å². The van der Waals surface area contributed by atoms with E-state index in [1.54, 1.807) is 18.2 Å². The molecule has 29 heavy (non-hydrogen) atoms. The van der Waals surface area contributed by atoms with E-state index in [-0.39, 0.29) is 18.2 Å². The van der Waals surface area contributed by atoms with Crippen molar-refractivity contribution in [2.24, 2.45) is 4.99 Å². The molecule has 2 aromatic carbocycles. The molecule has 1 fully saturated rings. The maximum Gasteiger partial charge on any atom is 0.238 e. The number of aliphatic imine (C=N–C) groups is 1. The fraction of sp³-hybridized carbons (Fsp3) is 0.250. The van der Waals surface area contributed by atoms with Gasteiger partial charge >= 0.3 is 0 Å². The maximum atomic E-state index is 13.0. The van der Waals surface area contributed by atoms with Crippen LogP contribution < -0.4 is 10.1 Å². The molecule has 0 radical (unpaired) electrons. The second kappa shape index (κ2) is 9.28. The van der Waals surface area contributed by atoms with E-state index in [1.165, 1.54) is 48.0 Å². The number of hydrogen-bond acceptors (Lipinski definition) is 5. The number of methoxy groups -OCH3 is 1. The van der Waals surface area contributed by atoms with Crippen molar-refractivity contribution >= 4 is 51.7 Å². The largest absolute Gasteiger partial charge is 0.495 e. The minimum atomic E-state index is -0.650. The Kier molecular flexibility index (Phi) is 6.76. The molecule has 1 aliphatic rings. The normalized spacial score (nSPS) is 18.1. The first-order chi connectivity index (χ1) is 13.9. The van der Waals surface area contributed by atoms with Crippen LogP contribution >= 0.6 is 23.4 Å². The van der Waals surface area contributed by atoms with E-state index in [1.807, 2.05) is 6.92 Å². The molecular formula is C20H19ClFN3O3S. The van der Waals surface area contributed by atoms with Gasteiger partial charge in [0.1, 0.15) is 16.8 Å². The third-order valence-electron chi connectivity index (χ3n) is 4.22. The van der Waals surface area contributed by atoms with E-state index in [4.69, 9.17) is 16.3 Å². The lowest BCUT2D eigenvalue weighted by Crippen LogP contribution is -2.45. The summed E-state index contributed by atoms with van der Waals surface area (Å²) in [6.07, 6.45) is 0.0495. The summed E-state index contributed by atoms with van der Waals surface area (Å²) in [7, 11) is 1.52. The molecule has 0 aromatic heterocycles. The predicted molar refractivity (Wildman–Crippen MR) is 114 cm³/mol. The fourth-order valence-electron chi connectivity index (χ4n) is 2.74. The second-order valence-electron chi connectivity index (χ2n) is 6.16. The van der Waals surface area contributed by atoms with Crippen LogP contribution in [0.25, 0.3) is 0 Å². The number of amides is 2. The van der Waals surface area contributed by atoms with E-state index in [9.17, 15) is 14.0 Å². The van der Waals surface area contributed by atoms with Crippen LogP contribution in [0.1, 0.15) is 13.3 Å². The Hall–Kier alpha value is -2.58. The summed E-state index contributed by atoms with van der Waals surface area (Å²) < 4.78 is 18.2. The zero-order chi connectivity index (χ0) is 21.0. The molecule has 0 aliphatic carbocycles. The summed E-state index contributed by atoms with van der Waals surface area (Å²) in [5, 5.41) is 2.88. The lowest BCUT2D eigenvalue weighted by molar-refractivity contribution is -0.129. The van der Waals surface area contributed by atoms with Crippen LogP contribution in [0.5, 0.6) is 5.75 Å². The smallest absolute Gasteiger partial charge is 0.238 e. The minimum absolute atomic E-state index is 0.0495. The molecule has 1 unspecified atom stereocenters. The summed E-state index contributed by atoms with van der Waals surface area (Å²) in [5.41, 5.74) is 1.01. The SMILES string of the molecule is CCN1C(=O)CC(C(=O)Nc2ccc(F)cc2)SC1=Nc1ccc(OC)c(Cl)c1. The van der Waals surface area contributed by atoms with Crippen LogP contribution in [0, 0.1) is 5.82 Å². The number of nitrogens with one attached hydrogen (secondary N) is 1. The molecule has 6 nitrogen and oxygen atoms in total. The van der Waals surface area contributed by atoms with Gasteiger partial charge in [-0.1, -0.05) is 23.4 Å². The van der Waals surface area contributed by atoms with Crippen molar-refractivity contribution in [3.63, 3.8) is 0 Å². The van der Waals surface area contributed by atoms with Gasteiger partial charge in [0.05, 0.1) is 17.8 Å². The quantitative estimate of drug-likeness (QED) is 0.752. The summed E-state index contributed by atoms with van der Waals surface area (Å²) in [6, 6.07) is 10.5. The number of carbonyl (C=O) groups is 2. The van der Waals surface area contributed by atoms with Crippen LogP contribution in [0.4, 0.5) is 15.8 Å². The first-order valence-electron chi connectivity index (χ1n) is 8.87. The highest BCUT2D eigenvalue weighted by Gasteiger charge is 2.35. The van der Waals surface area contributed by atoms with E-state index in [2.05, 4.69) is 10.3 Å². The zero-order valence-electron chi connectivity index (χ0n) is 15.8. The highest BCUT2D eigenvalue weighted by atomic mass is 35.5. The molecule has 1 atom stereocenters. The Balaban J connectivity index is 1.82. The molecule has 1 heterocycles. The van der Waals surface area contributed by atoms with Crippen molar-refractivity contribution in [2.45, 2.75) is 18.6 Å². The molecule has 1 N–H and O–H groups in total. The molecule has 1 saturated heterocycles.